The van der Waals surface area contributed by atoms with Crippen molar-refractivity contribution >= 4 is 11.3 Å². The highest BCUT2D eigenvalue weighted by molar-refractivity contribution is 7.11. The maximum Gasteiger partial charge on any atom is 0.129 e. The number of hydrogen-bond donors (Lipinski definition) is 1. The van der Waals surface area contributed by atoms with Gasteiger partial charge in [0.05, 0.1) is 16.8 Å². The number of aliphatic hydroxyl groups excluding tert-OH is 1. The van der Waals surface area contributed by atoms with Gasteiger partial charge in [-0.3, -0.25) is 0 Å². The van der Waals surface area contributed by atoms with Gasteiger partial charge in [0, 0.05) is 17.4 Å². The summed E-state index contributed by atoms with van der Waals surface area (Å²) in [5.74, 6) is -1.12. The molecule has 1 N–H and O–H groups in total. The summed E-state index contributed by atoms with van der Waals surface area (Å²) in [7, 11) is 0. The minimum absolute atomic E-state index is 0.344. The summed E-state index contributed by atoms with van der Waals surface area (Å²) in [6.45, 7) is 0. The summed E-state index contributed by atoms with van der Waals surface area (Å²) in [6, 6.07) is 3.58. The second-order valence-corrected chi connectivity index (χ2v) is 5.90. The molecule has 0 saturated carbocycles. The normalized spacial score (nSPS) is 18.4. The highest BCUT2D eigenvalue weighted by Crippen LogP contribution is 2.33. The van der Waals surface area contributed by atoms with E-state index in [1.807, 2.05) is 0 Å². The zero-order chi connectivity index (χ0) is 13.4. The third-order valence-electron chi connectivity index (χ3n) is 3.33. The fraction of sp³-hybridized carbons (Fsp3) is 0.357. The third kappa shape index (κ3) is 2.53. The predicted molar refractivity (Wildman–Crippen MR) is 69.2 cm³/mol. The third-order valence-corrected chi connectivity index (χ3v) is 4.46. The maximum atomic E-state index is 13.6. The topological polar surface area (TPSA) is 33.1 Å². The van der Waals surface area contributed by atoms with Crippen molar-refractivity contribution in [3.8, 4) is 0 Å². The van der Waals surface area contributed by atoms with E-state index >= 15 is 0 Å². The van der Waals surface area contributed by atoms with Crippen LogP contribution in [0.5, 0.6) is 0 Å². The Morgan fingerprint density at radius 2 is 2.21 bits per heavy atom. The molecule has 3 rings (SSSR count). The minimum Gasteiger partial charge on any atom is -0.387 e. The number of aryl methyl sites for hydroxylation is 1. The van der Waals surface area contributed by atoms with Gasteiger partial charge in [0.1, 0.15) is 11.6 Å². The number of hydrogen-bond acceptors (Lipinski definition) is 3. The minimum atomic E-state index is -0.574. The fourth-order valence-corrected chi connectivity index (χ4v) is 3.54. The molecule has 2 aromatic rings. The molecule has 0 radical (unpaired) electrons. The van der Waals surface area contributed by atoms with E-state index < -0.39 is 17.7 Å². The summed E-state index contributed by atoms with van der Waals surface area (Å²) in [5, 5.41) is 10.6. The summed E-state index contributed by atoms with van der Waals surface area (Å²) in [6.07, 6.45) is 2.47. The van der Waals surface area contributed by atoms with Gasteiger partial charge in [-0.2, -0.15) is 0 Å². The number of benzene rings is 1. The molecule has 0 spiro atoms. The van der Waals surface area contributed by atoms with Gasteiger partial charge in [0.2, 0.25) is 0 Å². The lowest BCUT2D eigenvalue weighted by molar-refractivity contribution is 0.153. The molecule has 0 amide bonds. The quantitative estimate of drug-likeness (QED) is 0.915. The lowest BCUT2D eigenvalue weighted by Crippen LogP contribution is -2.07. The molecule has 1 heterocycles. The summed E-state index contributed by atoms with van der Waals surface area (Å²) in [5.41, 5.74) is 1.18. The monoisotopic (exact) mass is 281 g/mol. The van der Waals surface area contributed by atoms with Crippen LogP contribution >= 0.6 is 11.3 Å². The Kier molecular flexibility index (Phi) is 3.33. The van der Waals surface area contributed by atoms with Crippen molar-refractivity contribution in [2.75, 3.05) is 0 Å². The molecule has 2 nitrogen and oxygen atoms in total. The molecule has 1 aliphatic rings. The van der Waals surface area contributed by atoms with Gasteiger partial charge in [-0.05, 0) is 30.9 Å². The van der Waals surface area contributed by atoms with E-state index in [1.54, 1.807) is 0 Å². The largest absolute Gasteiger partial charge is 0.387 e. The summed E-state index contributed by atoms with van der Waals surface area (Å²) < 4.78 is 26.4. The van der Waals surface area contributed by atoms with Crippen LogP contribution in [0, 0.1) is 11.6 Å². The van der Waals surface area contributed by atoms with Crippen LogP contribution in [-0.4, -0.2) is 10.1 Å². The van der Waals surface area contributed by atoms with Crippen molar-refractivity contribution in [2.45, 2.75) is 31.8 Å². The number of rotatable bonds is 2. The predicted octanol–water partition coefficient (Wildman–Crippen LogP) is 3.38. The number of thiazole rings is 1. The first-order valence-electron chi connectivity index (χ1n) is 6.24. The van der Waals surface area contributed by atoms with Crippen molar-refractivity contribution in [1.82, 2.24) is 4.98 Å². The van der Waals surface area contributed by atoms with E-state index in [0.29, 0.717) is 12.0 Å². The van der Waals surface area contributed by atoms with Gasteiger partial charge in [-0.15, -0.1) is 11.3 Å². The summed E-state index contributed by atoms with van der Waals surface area (Å²) in [4.78, 5) is 5.49. The first-order chi connectivity index (χ1) is 9.13. The Hall–Kier alpha value is -1.33. The first-order valence-corrected chi connectivity index (χ1v) is 7.05. The van der Waals surface area contributed by atoms with Crippen molar-refractivity contribution in [3.05, 3.63) is 51.0 Å². The molecular formula is C14H13F2NOS. The van der Waals surface area contributed by atoms with Crippen molar-refractivity contribution in [3.63, 3.8) is 0 Å². The van der Waals surface area contributed by atoms with Crippen molar-refractivity contribution in [2.24, 2.45) is 0 Å². The van der Waals surface area contributed by atoms with E-state index in [0.717, 1.165) is 40.9 Å². The number of nitrogens with zero attached hydrogens (tertiary/aromatic N) is 1. The molecule has 100 valence electrons. The number of fused-ring (bicyclic) bond motifs is 1. The van der Waals surface area contributed by atoms with E-state index in [4.69, 9.17) is 0 Å². The molecule has 5 heteroatoms. The smallest absolute Gasteiger partial charge is 0.129 e. The van der Waals surface area contributed by atoms with Gasteiger partial charge in [0.25, 0.3) is 0 Å². The SMILES string of the molecule is OC1CCCc2sc(Cc3ccc(F)cc3F)nc21. The zero-order valence-electron chi connectivity index (χ0n) is 10.2. The average molecular weight is 281 g/mol. The van der Waals surface area contributed by atoms with Crippen LogP contribution in [0.4, 0.5) is 8.78 Å². The Bertz CT molecular complexity index is 611. The van der Waals surface area contributed by atoms with Crippen LogP contribution < -0.4 is 0 Å². The Balaban J connectivity index is 1.87. The van der Waals surface area contributed by atoms with Gasteiger partial charge in [-0.25, -0.2) is 13.8 Å². The van der Waals surface area contributed by atoms with Crippen LogP contribution in [0.2, 0.25) is 0 Å². The molecule has 0 aliphatic heterocycles. The number of aliphatic hydroxyl groups is 1. The Labute approximate surface area is 113 Å². The molecule has 1 atom stereocenters. The molecule has 1 aromatic heterocycles. The van der Waals surface area contributed by atoms with Crippen LogP contribution in [-0.2, 0) is 12.8 Å². The second kappa shape index (κ2) is 4.98. The fourth-order valence-electron chi connectivity index (χ4n) is 2.35. The average Bonchev–Trinajstić information content (AvgIpc) is 2.77. The highest BCUT2D eigenvalue weighted by Gasteiger charge is 2.23. The lowest BCUT2D eigenvalue weighted by atomic mass is 10.0. The molecule has 0 bridgehead atoms. The Morgan fingerprint density at radius 3 is 2.95 bits per heavy atom. The molecule has 19 heavy (non-hydrogen) atoms. The van der Waals surface area contributed by atoms with Crippen LogP contribution in [0.25, 0.3) is 0 Å². The first kappa shape index (κ1) is 12.7. The zero-order valence-corrected chi connectivity index (χ0v) is 11.0. The lowest BCUT2D eigenvalue weighted by Gasteiger charge is -2.14. The van der Waals surface area contributed by atoms with Crippen molar-refractivity contribution < 1.29 is 13.9 Å². The summed E-state index contributed by atoms with van der Waals surface area (Å²) >= 11 is 1.52. The van der Waals surface area contributed by atoms with Gasteiger partial charge < -0.3 is 5.11 Å². The van der Waals surface area contributed by atoms with Gasteiger partial charge in [0.15, 0.2) is 0 Å². The molecular weight excluding hydrogens is 268 g/mol. The maximum absolute atomic E-state index is 13.6. The van der Waals surface area contributed by atoms with E-state index in [9.17, 15) is 13.9 Å². The standard InChI is InChI=1S/C14H13F2NOS/c15-9-5-4-8(10(16)7-9)6-13-17-14-11(18)2-1-3-12(14)19-13/h4-5,7,11,18H,1-3,6H2. The Morgan fingerprint density at radius 1 is 1.37 bits per heavy atom. The molecule has 1 unspecified atom stereocenters. The van der Waals surface area contributed by atoms with Crippen molar-refractivity contribution in [1.29, 1.82) is 0 Å². The molecule has 1 aliphatic carbocycles. The van der Waals surface area contributed by atoms with Crippen LogP contribution in [0.3, 0.4) is 0 Å². The van der Waals surface area contributed by atoms with E-state index in [2.05, 4.69) is 4.98 Å². The second-order valence-electron chi connectivity index (χ2n) is 4.74. The van der Waals surface area contributed by atoms with E-state index in [1.165, 1.54) is 23.5 Å². The highest BCUT2D eigenvalue weighted by atomic mass is 32.1. The molecule has 0 saturated heterocycles. The van der Waals surface area contributed by atoms with Crippen LogP contribution in [0.1, 0.15) is 40.1 Å². The number of aromatic nitrogens is 1. The van der Waals surface area contributed by atoms with Crippen LogP contribution in [0.15, 0.2) is 18.2 Å². The van der Waals surface area contributed by atoms with Gasteiger partial charge in [-0.1, -0.05) is 6.07 Å². The molecule has 1 aromatic carbocycles. The number of halogens is 2. The van der Waals surface area contributed by atoms with E-state index in [-0.39, 0.29) is 0 Å². The van der Waals surface area contributed by atoms with Gasteiger partial charge >= 0.3 is 0 Å². The molecule has 0 fully saturated rings.